The normalized spacial score (nSPS) is 20.1. The molecule has 2 unspecified atom stereocenters. The molecule has 0 amide bonds. The van der Waals surface area contributed by atoms with Crippen LogP contribution in [0.5, 0.6) is 23.0 Å². The van der Waals surface area contributed by atoms with Gasteiger partial charge in [-0.2, -0.15) is 8.42 Å². The van der Waals surface area contributed by atoms with Gasteiger partial charge in [0, 0.05) is 24.1 Å². The van der Waals surface area contributed by atoms with Gasteiger partial charge in [0.15, 0.2) is 0 Å². The van der Waals surface area contributed by atoms with E-state index >= 15 is 0 Å². The molecule has 0 fully saturated rings. The standard InChI is InChI=1S/C15H14O8S/c16-9-5-12(17)11-7-13(18)15(22-14(11)6-9)8-1-3-10(4-2-8)23-24(19,20)21/h1-6,13,15-18H,7H2,(H,19,20,21). The molecular weight excluding hydrogens is 340 g/mol. The predicted molar refractivity (Wildman–Crippen MR) is 81.5 cm³/mol. The average Bonchev–Trinajstić information content (AvgIpc) is 2.47. The van der Waals surface area contributed by atoms with Gasteiger partial charge in [0.25, 0.3) is 0 Å². The fourth-order valence-electron chi connectivity index (χ4n) is 2.58. The fourth-order valence-corrected chi connectivity index (χ4v) is 2.94. The Morgan fingerprint density at radius 3 is 2.42 bits per heavy atom. The van der Waals surface area contributed by atoms with Gasteiger partial charge >= 0.3 is 10.4 Å². The molecule has 0 saturated carbocycles. The summed E-state index contributed by atoms with van der Waals surface area (Å²) in [5.41, 5.74) is 0.918. The highest BCUT2D eigenvalue weighted by Crippen LogP contribution is 2.41. The van der Waals surface area contributed by atoms with Crippen molar-refractivity contribution >= 4 is 10.4 Å². The lowest BCUT2D eigenvalue weighted by Gasteiger charge is -2.31. The third-order valence-electron chi connectivity index (χ3n) is 3.60. The van der Waals surface area contributed by atoms with Crippen LogP contribution in [0.3, 0.4) is 0 Å². The fraction of sp³-hybridized carbons (Fsp3) is 0.200. The molecular formula is C15H14O8S. The Morgan fingerprint density at radius 2 is 1.79 bits per heavy atom. The maximum absolute atomic E-state index is 10.7. The van der Waals surface area contributed by atoms with Crippen LogP contribution in [0, 0.1) is 0 Å². The maximum Gasteiger partial charge on any atom is 0.446 e. The number of rotatable bonds is 3. The lowest BCUT2D eigenvalue weighted by atomic mass is 9.94. The van der Waals surface area contributed by atoms with Crippen LogP contribution in [0.15, 0.2) is 36.4 Å². The Bertz CT molecular complexity index is 860. The first-order valence-electron chi connectivity index (χ1n) is 6.89. The summed E-state index contributed by atoms with van der Waals surface area (Å²) in [5, 5.41) is 29.6. The van der Waals surface area contributed by atoms with Gasteiger partial charge in [-0.3, -0.25) is 4.55 Å². The molecule has 4 N–H and O–H groups in total. The molecule has 0 radical (unpaired) electrons. The predicted octanol–water partition coefficient (Wildman–Crippen LogP) is 1.32. The minimum absolute atomic E-state index is 0.0951. The van der Waals surface area contributed by atoms with Crippen LogP contribution in [0.1, 0.15) is 17.2 Å². The molecule has 3 rings (SSSR count). The minimum atomic E-state index is -4.61. The topological polar surface area (TPSA) is 134 Å². The van der Waals surface area contributed by atoms with Crippen LogP contribution in [0.4, 0.5) is 0 Å². The van der Waals surface area contributed by atoms with Crippen molar-refractivity contribution in [2.75, 3.05) is 0 Å². The molecule has 9 heteroatoms. The third kappa shape index (κ3) is 3.37. The summed E-state index contributed by atoms with van der Waals surface area (Å²) in [6.07, 6.45) is -1.62. The summed E-state index contributed by atoms with van der Waals surface area (Å²) in [5.74, 6) is -0.180. The molecule has 0 aliphatic carbocycles. The summed E-state index contributed by atoms with van der Waals surface area (Å²) in [6.45, 7) is 0. The van der Waals surface area contributed by atoms with Gasteiger partial charge in [-0.25, -0.2) is 0 Å². The number of aromatic hydroxyl groups is 2. The first-order valence-corrected chi connectivity index (χ1v) is 8.26. The molecule has 2 aromatic carbocycles. The molecule has 0 bridgehead atoms. The van der Waals surface area contributed by atoms with Gasteiger partial charge < -0.3 is 24.2 Å². The number of hydrogen-bond acceptors (Lipinski definition) is 7. The number of benzene rings is 2. The average molecular weight is 354 g/mol. The van der Waals surface area contributed by atoms with Gasteiger partial charge in [-0.1, -0.05) is 12.1 Å². The number of fused-ring (bicyclic) bond motifs is 1. The van der Waals surface area contributed by atoms with Gasteiger partial charge in [-0.05, 0) is 17.7 Å². The molecule has 24 heavy (non-hydrogen) atoms. The summed E-state index contributed by atoms with van der Waals surface area (Å²) in [4.78, 5) is 0. The van der Waals surface area contributed by atoms with Crippen molar-refractivity contribution in [3.63, 3.8) is 0 Å². The quantitative estimate of drug-likeness (QED) is 0.606. The number of ether oxygens (including phenoxy) is 1. The first kappa shape index (κ1) is 16.4. The van der Waals surface area contributed by atoms with Crippen LogP contribution >= 0.6 is 0 Å². The first-order chi connectivity index (χ1) is 11.2. The lowest BCUT2D eigenvalue weighted by molar-refractivity contribution is 0.0198. The SMILES string of the molecule is O=S(=O)(O)Oc1ccc(C2Oc3cc(O)cc(O)c3CC2O)cc1. The highest BCUT2D eigenvalue weighted by atomic mass is 32.3. The smallest absolute Gasteiger partial charge is 0.446 e. The second-order valence-corrected chi connectivity index (χ2v) is 6.35. The monoisotopic (exact) mass is 354 g/mol. The highest BCUT2D eigenvalue weighted by Gasteiger charge is 2.32. The van der Waals surface area contributed by atoms with Crippen molar-refractivity contribution in [3.05, 3.63) is 47.5 Å². The van der Waals surface area contributed by atoms with Crippen molar-refractivity contribution < 1.29 is 37.2 Å². The Morgan fingerprint density at radius 1 is 1.12 bits per heavy atom. The van der Waals surface area contributed by atoms with Crippen LogP contribution < -0.4 is 8.92 Å². The van der Waals surface area contributed by atoms with E-state index in [9.17, 15) is 23.7 Å². The molecule has 0 saturated heterocycles. The zero-order valence-corrected chi connectivity index (χ0v) is 13.0. The summed E-state index contributed by atoms with van der Waals surface area (Å²) >= 11 is 0. The largest absolute Gasteiger partial charge is 0.508 e. The summed E-state index contributed by atoms with van der Waals surface area (Å²) in [6, 6.07) is 8.05. The molecule has 0 aromatic heterocycles. The van der Waals surface area contributed by atoms with E-state index in [0.717, 1.165) is 6.07 Å². The maximum atomic E-state index is 10.7. The zero-order chi connectivity index (χ0) is 17.5. The molecule has 0 spiro atoms. The van der Waals surface area contributed by atoms with E-state index in [4.69, 9.17) is 9.29 Å². The number of aliphatic hydroxyl groups is 1. The van der Waals surface area contributed by atoms with Gasteiger partial charge in [0.05, 0.1) is 6.10 Å². The van der Waals surface area contributed by atoms with E-state index in [2.05, 4.69) is 4.18 Å². The Balaban J connectivity index is 1.87. The summed E-state index contributed by atoms with van der Waals surface area (Å²) in [7, 11) is -4.61. The highest BCUT2D eigenvalue weighted by molar-refractivity contribution is 7.81. The van der Waals surface area contributed by atoms with Crippen molar-refractivity contribution in [1.82, 2.24) is 0 Å². The van der Waals surface area contributed by atoms with Crippen LogP contribution in [-0.2, 0) is 16.8 Å². The van der Waals surface area contributed by atoms with E-state index < -0.39 is 22.6 Å². The van der Waals surface area contributed by atoms with Gasteiger partial charge in [0.1, 0.15) is 29.1 Å². The summed E-state index contributed by atoms with van der Waals surface area (Å²) < 4.78 is 39.9. The molecule has 1 heterocycles. The number of phenols is 2. The minimum Gasteiger partial charge on any atom is -0.508 e. The van der Waals surface area contributed by atoms with Gasteiger partial charge in [0.2, 0.25) is 0 Å². The van der Waals surface area contributed by atoms with E-state index in [1.807, 2.05) is 0 Å². The third-order valence-corrected chi connectivity index (χ3v) is 4.00. The Hall–Kier alpha value is -2.49. The van der Waals surface area contributed by atoms with Crippen molar-refractivity contribution in [2.24, 2.45) is 0 Å². The van der Waals surface area contributed by atoms with E-state index in [-0.39, 0.29) is 29.4 Å². The molecule has 1 aliphatic heterocycles. The molecule has 1 aliphatic rings. The van der Waals surface area contributed by atoms with E-state index in [0.29, 0.717) is 11.1 Å². The van der Waals surface area contributed by atoms with Gasteiger partial charge in [-0.15, -0.1) is 0 Å². The van der Waals surface area contributed by atoms with Crippen LogP contribution in [0.25, 0.3) is 0 Å². The van der Waals surface area contributed by atoms with E-state index in [1.54, 1.807) is 0 Å². The number of hydrogen-bond donors (Lipinski definition) is 4. The van der Waals surface area contributed by atoms with Crippen molar-refractivity contribution in [1.29, 1.82) is 0 Å². The molecule has 8 nitrogen and oxygen atoms in total. The Kier molecular flexibility index (Phi) is 3.99. The molecule has 2 aromatic rings. The molecule has 2 atom stereocenters. The van der Waals surface area contributed by atoms with Crippen LogP contribution in [-0.4, -0.2) is 34.4 Å². The zero-order valence-electron chi connectivity index (χ0n) is 12.2. The van der Waals surface area contributed by atoms with Crippen molar-refractivity contribution in [3.8, 4) is 23.0 Å². The number of phenolic OH excluding ortho intramolecular Hbond substituents is 2. The van der Waals surface area contributed by atoms with Crippen molar-refractivity contribution in [2.45, 2.75) is 18.6 Å². The van der Waals surface area contributed by atoms with Crippen LogP contribution in [0.2, 0.25) is 0 Å². The lowest BCUT2D eigenvalue weighted by Crippen LogP contribution is -2.30. The van der Waals surface area contributed by atoms with E-state index in [1.165, 1.54) is 30.3 Å². The Labute approximate surface area is 137 Å². The number of aliphatic hydroxyl groups excluding tert-OH is 1. The second kappa shape index (κ2) is 5.86. The second-order valence-electron chi connectivity index (χ2n) is 5.33. The molecule has 128 valence electrons.